The van der Waals surface area contributed by atoms with Gasteiger partial charge in [0.2, 0.25) is 5.91 Å². The third-order valence-electron chi connectivity index (χ3n) is 7.68. The van der Waals surface area contributed by atoms with Gasteiger partial charge in [-0.05, 0) is 88.2 Å². The van der Waals surface area contributed by atoms with Crippen molar-refractivity contribution in [2.45, 2.75) is 55.9 Å². The Labute approximate surface area is 229 Å². The molecular formula is C27H37N7O4S. The highest BCUT2D eigenvalue weighted by Gasteiger charge is 2.31. The average Bonchev–Trinajstić information content (AvgIpc) is 3.74. The lowest BCUT2D eigenvalue weighted by atomic mass is 9.96. The van der Waals surface area contributed by atoms with E-state index in [2.05, 4.69) is 20.9 Å². The number of aromatic nitrogens is 2. The van der Waals surface area contributed by atoms with Crippen LogP contribution in [0.15, 0.2) is 29.2 Å². The zero-order valence-electron chi connectivity index (χ0n) is 22.3. The van der Waals surface area contributed by atoms with Gasteiger partial charge in [-0.1, -0.05) is 0 Å². The molecule has 12 heteroatoms. The average molecular weight is 556 g/mol. The number of hydrogen-bond donors (Lipinski definition) is 4. The van der Waals surface area contributed by atoms with E-state index < -0.39 is 15.7 Å². The molecule has 2 saturated heterocycles. The number of carbonyl (C=O) groups is 2. The van der Waals surface area contributed by atoms with Crippen LogP contribution in [-0.2, 0) is 21.1 Å². The molecule has 1 aromatic carbocycles. The number of nitrogens with zero attached hydrogens (tertiary/aromatic N) is 3. The van der Waals surface area contributed by atoms with E-state index in [9.17, 15) is 18.0 Å². The largest absolute Gasteiger partial charge is 0.364 e. The van der Waals surface area contributed by atoms with E-state index in [0.717, 1.165) is 70.1 Å². The van der Waals surface area contributed by atoms with Gasteiger partial charge in [0.15, 0.2) is 27.2 Å². The number of piperidine rings is 2. The van der Waals surface area contributed by atoms with Crippen LogP contribution >= 0.6 is 0 Å². The molecule has 5 rings (SSSR count). The third kappa shape index (κ3) is 6.85. The zero-order valence-corrected chi connectivity index (χ0v) is 23.1. The highest BCUT2D eigenvalue weighted by Crippen LogP contribution is 2.36. The van der Waals surface area contributed by atoms with Crippen molar-refractivity contribution in [3.63, 3.8) is 0 Å². The summed E-state index contributed by atoms with van der Waals surface area (Å²) in [6.07, 6.45) is 7.61. The molecule has 1 aliphatic carbocycles. The fraction of sp³-hybridized carbons (Fsp3) is 0.556. The van der Waals surface area contributed by atoms with Crippen LogP contribution < -0.4 is 26.6 Å². The normalized spacial score (nSPS) is 20.4. The Hall–Kier alpha value is -3.25. The molecule has 0 bridgehead atoms. The van der Waals surface area contributed by atoms with E-state index in [0.29, 0.717) is 30.4 Å². The smallest absolute Gasteiger partial charge is 0.271 e. The number of nitrogens with two attached hydrogens (primary N) is 1. The van der Waals surface area contributed by atoms with Gasteiger partial charge in [-0.3, -0.25) is 9.59 Å². The van der Waals surface area contributed by atoms with Crippen molar-refractivity contribution in [3.8, 4) is 0 Å². The number of primary amides is 1. The summed E-state index contributed by atoms with van der Waals surface area (Å²) in [6.45, 7) is 3.12. The maximum atomic E-state index is 12.9. The van der Waals surface area contributed by atoms with E-state index in [1.807, 2.05) is 0 Å². The summed E-state index contributed by atoms with van der Waals surface area (Å²) in [5, 5.41) is 9.69. The zero-order chi connectivity index (χ0) is 27.6. The molecule has 2 aromatic rings. The number of anilines is 3. The number of hydrogen-bond acceptors (Lipinski definition) is 9. The number of benzene rings is 1. The van der Waals surface area contributed by atoms with E-state index in [1.165, 1.54) is 12.1 Å². The molecule has 1 atom stereocenters. The number of nitrogens with one attached hydrogen (secondary N) is 3. The van der Waals surface area contributed by atoms with Crippen LogP contribution in [0.2, 0.25) is 0 Å². The van der Waals surface area contributed by atoms with Crippen molar-refractivity contribution < 1.29 is 18.0 Å². The number of carbonyl (C=O) groups excluding carboxylic acids is 2. The van der Waals surface area contributed by atoms with Gasteiger partial charge in [0.25, 0.3) is 5.91 Å². The first kappa shape index (κ1) is 27.3. The van der Waals surface area contributed by atoms with Gasteiger partial charge in [0.05, 0.1) is 10.6 Å². The molecule has 2 aliphatic heterocycles. The van der Waals surface area contributed by atoms with Crippen LogP contribution in [0.5, 0.6) is 0 Å². The van der Waals surface area contributed by atoms with Gasteiger partial charge in [0, 0.05) is 37.0 Å². The summed E-state index contributed by atoms with van der Waals surface area (Å²) < 4.78 is 23.7. The van der Waals surface area contributed by atoms with Gasteiger partial charge < -0.3 is 26.6 Å². The number of sulfone groups is 1. The highest BCUT2D eigenvalue weighted by atomic mass is 32.2. The minimum Gasteiger partial charge on any atom is -0.364 e. The molecule has 0 radical (unpaired) electrons. The van der Waals surface area contributed by atoms with Crippen molar-refractivity contribution >= 4 is 39.0 Å². The molecule has 39 heavy (non-hydrogen) atoms. The molecule has 3 heterocycles. The maximum absolute atomic E-state index is 12.9. The van der Waals surface area contributed by atoms with Crippen molar-refractivity contribution in [2.24, 2.45) is 17.6 Å². The first-order valence-electron chi connectivity index (χ1n) is 13.7. The van der Waals surface area contributed by atoms with Crippen molar-refractivity contribution in [2.75, 3.05) is 42.7 Å². The predicted molar refractivity (Wildman–Crippen MR) is 149 cm³/mol. The van der Waals surface area contributed by atoms with Crippen LogP contribution in [0.1, 0.15) is 54.7 Å². The first-order valence-corrected chi connectivity index (χ1v) is 15.6. The molecule has 1 aromatic heterocycles. The van der Waals surface area contributed by atoms with Crippen LogP contribution in [0.4, 0.5) is 17.3 Å². The Bertz CT molecular complexity index is 1320. The maximum Gasteiger partial charge on any atom is 0.271 e. The lowest BCUT2D eigenvalue weighted by Crippen LogP contribution is -2.50. The lowest BCUT2D eigenvalue weighted by Gasteiger charge is -2.36. The van der Waals surface area contributed by atoms with E-state index in [1.54, 1.807) is 12.1 Å². The summed E-state index contributed by atoms with van der Waals surface area (Å²) in [7, 11) is -3.34. The second kappa shape index (κ2) is 11.5. The Morgan fingerprint density at radius 3 is 2.44 bits per heavy atom. The van der Waals surface area contributed by atoms with Crippen molar-refractivity contribution in [1.29, 1.82) is 0 Å². The van der Waals surface area contributed by atoms with Gasteiger partial charge in [-0.2, -0.15) is 0 Å². The topological polar surface area (TPSA) is 159 Å². The monoisotopic (exact) mass is 555 g/mol. The molecular weight excluding hydrogens is 518 g/mol. The quantitative estimate of drug-likeness (QED) is 0.362. The molecule has 2 amide bonds. The number of rotatable bonds is 9. The summed E-state index contributed by atoms with van der Waals surface area (Å²) in [5.41, 5.74) is 7.07. The van der Waals surface area contributed by atoms with Gasteiger partial charge in [-0.25, -0.2) is 18.4 Å². The minimum absolute atomic E-state index is 0.00692. The van der Waals surface area contributed by atoms with Crippen LogP contribution in [0, 0.1) is 11.8 Å². The summed E-state index contributed by atoms with van der Waals surface area (Å²) >= 11 is 0. The SMILES string of the molecule is CS(=O)(=O)c1ccc(Nc2nc(N3CCCC(NC(=O)C4CCNCC4)C3)c(CC3CC3)nc2C(N)=O)cc1. The Kier molecular flexibility index (Phi) is 8.03. The summed E-state index contributed by atoms with van der Waals surface area (Å²) in [5.74, 6) is 0.921. The fourth-order valence-corrected chi connectivity index (χ4v) is 5.95. The van der Waals surface area contributed by atoms with Crippen LogP contribution in [-0.4, -0.2) is 68.7 Å². The second-order valence-corrected chi connectivity index (χ2v) is 13.0. The molecule has 210 valence electrons. The fourth-order valence-electron chi connectivity index (χ4n) is 5.32. The first-order chi connectivity index (χ1) is 18.7. The molecule has 3 fully saturated rings. The molecule has 3 aliphatic rings. The predicted octanol–water partition coefficient (Wildman–Crippen LogP) is 1.76. The Balaban J connectivity index is 1.40. The van der Waals surface area contributed by atoms with Crippen molar-refractivity contribution in [1.82, 2.24) is 20.6 Å². The van der Waals surface area contributed by atoms with E-state index in [-0.39, 0.29) is 34.3 Å². The van der Waals surface area contributed by atoms with E-state index in [4.69, 9.17) is 15.7 Å². The van der Waals surface area contributed by atoms with E-state index >= 15 is 0 Å². The van der Waals surface area contributed by atoms with Crippen LogP contribution in [0.3, 0.4) is 0 Å². The van der Waals surface area contributed by atoms with Crippen molar-refractivity contribution in [3.05, 3.63) is 35.7 Å². The minimum atomic E-state index is -3.34. The Morgan fingerprint density at radius 2 is 1.79 bits per heavy atom. The lowest BCUT2D eigenvalue weighted by molar-refractivity contribution is -0.126. The third-order valence-corrected chi connectivity index (χ3v) is 8.81. The molecule has 1 saturated carbocycles. The van der Waals surface area contributed by atoms with Crippen LogP contribution in [0.25, 0.3) is 0 Å². The van der Waals surface area contributed by atoms with Gasteiger partial charge in [-0.15, -0.1) is 0 Å². The second-order valence-electron chi connectivity index (χ2n) is 10.9. The standard InChI is InChI=1S/C27H37N7O4S/c1-39(37,38)21-8-6-19(7-9-21)30-25-23(24(28)35)32-22(15-17-4-5-17)26(33-25)34-14-2-3-20(16-34)31-27(36)18-10-12-29-13-11-18/h6-9,17-18,20,29H,2-5,10-16H2,1H3,(H2,28,35)(H,30,33)(H,31,36). The summed E-state index contributed by atoms with van der Waals surface area (Å²) in [6, 6.07) is 6.24. The van der Waals surface area contributed by atoms with Gasteiger partial charge >= 0.3 is 0 Å². The number of amides is 2. The molecule has 1 unspecified atom stereocenters. The molecule has 11 nitrogen and oxygen atoms in total. The molecule has 0 spiro atoms. The molecule has 5 N–H and O–H groups in total. The highest BCUT2D eigenvalue weighted by molar-refractivity contribution is 7.90. The Morgan fingerprint density at radius 1 is 1.08 bits per heavy atom. The van der Waals surface area contributed by atoms with Gasteiger partial charge in [0.1, 0.15) is 0 Å². The summed E-state index contributed by atoms with van der Waals surface area (Å²) in [4.78, 5) is 37.2.